The molecule has 2 amide bonds. The SMILES string of the molecule is C=CC(=O)N1C(=O)OC[C@H]1C(C)C. The molecule has 13 heavy (non-hydrogen) atoms. The number of ether oxygens (including phenoxy) is 1. The molecule has 0 bridgehead atoms. The molecule has 72 valence electrons. The van der Waals surface area contributed by atoms with Gasteiger partial charge in [-0.25, -0.2) is 9.69 Å². The van der Waals surface area contributed by atoms with Crippen LogP contribution in [0.15, 0.2) is 12.7 Å². The Morgan fingerprint density at radius 3 is 2.85 bits per heavy atom. The zero-order valence-electron chi connectivity index (χ0n) is 7.82. The van der Waals surface area contributed by atoms with Gasteiger partial charge in [-0.1, -0.05) is 20.4 Å². The molecule has 4 nitrogen and oxygen atoms in total. The van der Waals surface area contributed by atoms with Crippen molar-refractivity contribution in [1.29, 1.82) is 0 Å². The van der Waals surface area contributed by atoms with Gasteiger partial charge >= 0.3 is 6.09 Å². The Kier molecular flexibility index (Phi) is 2.70. The maximum atomic E-state index is 11.2. The second kappa shape index (κ2) is 3.60. The average Bonchev–Trinajstić information content (AvgIpc) is 2.46. The Hall–Kier alpha value is -1.32. The second-order valence-electron chi connectivity index (χ2n) is 3.30. The highest BCUT2D eigenvalue weighted by Gasteiger charge is 2.38. The molecule has 0 radical (unpaired) electrons. The predicted octanol–water partition coefficient (Wildman–Crippen LogP) is 1.18. The van der Waals surface area contributed by atoms with Gasteiger partial charge < -0.3 is 4.74 Å². The summed E-state index contributed by atoms with van der Waals surface area (Å²) in [5.41, 5.74) is 0. The van der Waals surface area contributed by atoms with Gasteiger partial charge in [0.05, 0.1) is 6.04 Å². The van der Waals surface area contributed by atoms with E-state index in [1.54, 1.807) is 0 Å². The summed E-state index contributed by atoms with van der Waals surface area (Å²) >= 11 is 0. The topological polar surface area (TPSA) is 46.6 Å². The summed E-state index contributed by atoms with van der Waals surface area (Å²) in [6.45, 7) is 7.50. The lowest BCUT2D eigenvalue weighted by Gasteiger charge is -2.20. The highest BCUT2D eigenvalue weighted by Crippen LogP contribution is 2.19. The minimum atomic E-state index is -0.566. The second-order valence-corrected chi connectivity index (χ2v) is 3.30. The number of amides is 2. The third kappa shape index (κ3) is 1.71. The maximum absolute atomic E-state index is 11.2. The average molecular weight is 183 g/mol. The largest absolute Gasteiger partial charge is 0.447 e. The first-order valence-corrected chi connectivity index (χ1v) is 4.20. The van der Waals surface area contributed by atoms with Crippen LogP contribution in [0.5, 0.6) is 0 Å². The molecule has 0 aromatic heterocycles. The maximum Gasteiger partial charge on any atom is 0.417 e. The van der Waals surface area contributed by atoms with Crippen LogP contribution < -0.4 is 0 Å². The number of carbonyl (C=O) groups is 2. The van der Waals surface area contributed by atoms with Crippen molar-refractivity contribution in [1.82, 2.24) is 4.90 Å². The van der Waals surface area contributed by atoms with E-state index in [9.17, 15) is 9.59 Å². The van der Waals surface area contributed by atoms with E-state index < -0.39 is 6.09 Å². The van der Waals surface area contributed by atoms with Gasteiger partial charge in [0.15, 0.2) is 0 Å². The molecule has 1 heterocycles. The van der Waals surface area contributed by atoms with Crippen LogP contribution >= 0.6 is 0 Å². The van der Waals surface area contributed by atoms with Crippen molar-refractivity contribution in [3.8, 4) is 0 Å². The Morgan fingerprint density at radius 1 is 1.77 bits per heavy atom. The standard InChI is InChI=1S/C9H13NO3/c1-4-8(11)10-7(6(2)3)5-13-9(10)12/h4,6-7H,1,5H2,2-3H3/t7-/m0/s1. The van der Waals surface area contributed by atoms with Crippen molar-refractivity contribution in [3.63, 3.8) is 0 Å². The predicted molar refractivity (Wildman–Crippen MR) is 47.0 cm³/mol. The lowest BCUT2D eigenvalue weighted by atomic mass is 10.0. The number of rotatable bonds is 2. The number of hydrogen-bond donors (Lipinski definition) is 0. The number of hydrogen-bond acceptors (Lipinski definition) is 3. The highest BCUT2D eigenvalue weighted by atomic mass is 16.6. The highest BCUT2D eigenvalue weighted by molar-refractivity contribution is 5.99. The van der Waals surface area contributed by atoms with Crippen molar-refractivity contribution in [2.45, 2.75) is 19.9 Å². The zero-order chi connectivity index (χ0) is 10.0. The van der Waals surface area contributed by atoms with Crippen molar-refractivity contribution in [3.05, 3.63) is 12.7 Å². The fraction of sp³-hybridized carbons (Fsp3) is 0.556. The van der Waals surface area contributed by atoms with E-state index >= 15 is 0 Å². The molecule has 0 aromatic carbocycles. The van der Waals surface area contributed by atoms with Gasteiger partial charge in [-0.05, 0) is 12.0 Å². The number of carbonyl (C=O) groups excluding carboxylic acids is 2. The fourth-order valence-electron chi connectivity index (χ4n) is 1.28. The molecule has 1 rings (SSSR count). The molecule has 0 aliphatic carbocycles. The molecule has 0 unspecified atom stereocenters. The van der Waals surface area contributed by atoms with Crippen LogP contribution in [0.1, 0.15) is 13.8 Å². The zero-order valence-corrected chi connectivity index (χ0v) is 7.82. The van der Waals surface area contributed by atoms with E-state index in [1.165, 1.54) is 0 Å². The summed E-state index contributed by atoms with van der Waals surface area (Å²) in [5.74, 6) is -0.184. The summed E-state index contributed by atoms with van der Waals surface area (Å²) in [6, 6.07) is -0.155. The minimum Gasteiger partial charge on any atom is -0.447 e. The molecule has 0 saturated carbocycles. The molecule has 1 atom stereocenters. The Labute approximate surface area is 77.2 Å². The van der Waals surface area contributed by atoms with Crippen LogP contribution in [0.4, 0.5) is 4.79 Å². The smallest absolute Gasteiger partial charge is 0.417 e. The molecule has 1 aliphatic heterocycles. The van der Waals surface area contributed by atoms with E-state index in [0.717, 1.165) is 11.0 Å². The number of cyclic esters (lactones) is 1. The third-order valence-electron chi connectivity index (χ3n) is 2.09. The molecule has 1 saturated heterocycles. The van der Waals surface area contributed by atoms with Gasteiger partial charge in [0.25, 0.3) is 5.91 Å². The summed E-state index contributed by atoms with van der Waals surface area (Å²) < 4.78 is 4.78. The van der Waals surface area contributed by atoms with Crippen molar-refractivity contribution in [2.75, 3.05) is 6.61 Å². The summed E-state index contributed by atoms with van der Waals surface area (Å²) in [6.07, 6.45) is 0.561. The van der Waals surface area contributed by atoms with E-state index in [2.05, 4.69) is 6.58 Å². The van der Waals surface area contributed by atoms with Crippen LogP contribution in [0.25, 0.3) is 0 Å². The first-order valence-electron chi connectivity index (χ1n) is 4.20. The van der Waals surface area contributed by atoms with Gasteiger partial charge in [-0.2, -0.15) is 0 Å². The molecule has 1 fully saturated rings. The molecule has 0 spiro atoms. The Balaban J connectivity index is 2.82. The summed E-state index contributed by atoms with van der Waals surface area (Å²) in [7, 11) is 0. The lowest BCUT2D eigenvalue weighted by molar-refractivity contribution is -0.124. The van der Waals surface area contributed by atoms with Crippen LogP contribution in [-0.4, -0.2) is 29.5 Å². The van der Waals surface area contributed by atoms with Crippen LogP contribution in [0, 0.1) is 5.92 Å². The van der Waals surface area contributed by atoms with Crippen LogP contribution in [-0.2, 0) is 9.53 Å². The molecular weight excluding hydrogens is 170 g/mol. The fourth-order valence-corrected chi connectivity index (χ4v) is 1.28. The van der Waals surface area contributed by atoms with Gasteiger partial charge in [0, 0.05) is 0 Å². The summed E-state index contributed by atoms with van der Waals surface area (Å²) in [5, 5.41) is 0. The van der Waals surface area contributed by atoms with E-state index in [1.807, 2.05) is 13.8 Å². The van der Waals surface area contributed by atoms with Crippen LogP contribution in [0.2, 0.25) is 0 Å². The minimum absolute atomic E-state index is 0.155. The Bertz CT molecular complexity index is 247. The number of imide groups is 1. The van der Waals surface area contributed by atoms with E-state index in [-0.39, 0.29) is 24.5 Å². The van der Waals surface area contributed by atoms with Crippen molar-refractivity contribution >= 4 is 12.0 Å². The quantitative estimate of drug-likeness (QED) is 0.604. The normalized spacial score (nSPS) is 21.9. The third-order valence-corrected chi connectivity index (χ3v) is 2.09. The van der Waals surface area contributed by atoms with Gasteiger partial charge in [-0.3, -0.25) is 4.79 Å². The van der Waals surface area contributed by atoms with E-state index in [4.69, 9.17) is 4.74 Å². The molecule has 0 aromatic rings. The first kappa shape index (κ1) is 9.77. The van der Waals surface area contributed by atoms with E-state index in [0.29, 0.717) is 0 Å². The molecular formula is C9H13NO3. The first-order chi connectivity index (χ1) is 6.07. The van der Waals surface area contributed by atoms with Crippen LogP contribution in [0.3, 0.4) is 0 Å². The summed E-state index contributed by atoms with van der Waals surface area (Å²) in [4.78, 5) is 23.5. The molecule has 4 heteroatoms. The Morgan fingerprint density at radius 2 is 2.38 bits per heavy atom. The van der Waals surface area contributed by atoms with Gasteiger partial charge in [0.1, 0.15) is 6.61 Å². The molecule has 1 aliphatic rings. The van der Waals surface area contributed by atoms with Crippen molar-refractivity contribution < 1.29 is 14.3 Å². The lowest BCUT2D eigenvalue weighted by Crippen LogP contribution is -2.40. The van der Waals surface area contributed by atoms with Crippen molar-refractivity contribution in [2.24, 2.45) is 5.92 Å². The monoisotopic (exact) mass is 183 g/mol. The molecule has 0 N–H and O–H groups in total. The van der Waals surface area contributed by atoms with Gasteiger partial charge in [0.2, 0.25) is 0 Å². The van der Waals surface area contributed by atoms with Gasteiger partial charge in [-0.15, -0.1) is 0 Å². The number of nitrogens with zero attached hydrogens (tertiary/aromatic N) is 1.